The molecule has 1 aromatic carbocycles. The van der Waals surface area contributed by atoms with Gasteiger partial charge in [-0.15, -0.1) is 0 Å². The third kappa shape index (κ3) is 2.35. The molecule has 2 N–H and O–H groups in total. The van der Waals surface area contributed by atoms with Crippen LogP contribution in [0.4, 0.5) is 10.1 Å². The topological polar surface area (TPSA) is 49.3 Å². The lowest BCUT2D eigenvalue weighted by Crippen LogP contribution is -2.26. The quantitative estimate of drug-likeness (QED) is 0.873. The van der Waals surface area contributed by atoms with Crippen LogP contribution in [0.5, 0.6) is 0 Å². The molecule has 1 saturated carbocycles. The van der Waals surface area contributed by atoms with Crippen LogP contribution in [0, 0.1) is 11.7 Å². The van der Waals surface area contributed by atoms with Crippen LogP contribution in [0.25, 0.3) is 0 Å². The van der Waals surface area contributed by atoms with Gasteiger partial charge in [-0.3, -0.25) is 4.79 Å². The summed E-state index contributed by atoms with van der Waals surface area (Å²) < 4.78 is 14.0. The fourth-order valence-corrected chi connectivity index (χ4v) is 3.59. The molecule has 3 nitrogen and oxygen atoms in total. The van der Waals surface area contributed by atoms with E-state index in [-0.39, 0.29) is 17.6 Å². The van der Waals surface area contributed by atoms with Gasteiger partial charge >= 0.3 is 0 Å². The molecule has 3 rings (SSSR count). The Bertz CT molecular complexity index is 576. The zero-order chi connectivity index (χ0) is 15.2. The van der Waals surface area contributed by atoms with Gasteiger partial charge in [0, 0.05) is 5.56 Å². The standard InChI is InChI=1S/C17H22FNO2/c1-17(2)13-9-11(18)8-12(14(13)19-16(17)21)15(20)10-6-4-3-5-7-10/h8-10,15,20H,3-7H2,1-2H3,(H,19,21). The summed E-state index contributed by atoms with van der Waals surface area (Å²) >= 11 is 0. The van der Waals surface area contributed by atoms with E-state index in [4.69, 9.17) is 0 Å². The molecule has 0 spiro atoms. The summed E-state index contributed by atoms with van der Waals surface area (Å²) in [7, 11) is 0. The van der Waals surface area contributed by atoms with Crippen LogP contribution in [0.3, 0.4) is 0 Å². The number of halogens is 1. The molecule has 4 heteroatoms. The number of anilines is 1. The molecule has 2 aliphatic rings. The van der Waals surface area contributed by atoms with Crippen molar-refractivity contribution in [3.05, 3.63) is 29.1 Å². The van der Waals surface area contributed by atoms with E-state index in [0.717, 1.165) is 25.7 Å². The second-order valence-corrected chi connectivity index (χ2v) is 6.84. The van der Waals surface area contributed by atoms with E-state index in [1.807, 2.05) is 0 Å². The Labute approximate surface area is 124 Å². The van der Waals surface area contributed by atoms with E-state index in [9.17, 15) is 14.3 Å². The lowest BCUT2D eigenvalue weighted by Gasteiger charge is -2.28. The van der Waals surface area contributed by atoms with Crippen molar-refractivity contribution in [3.63, 3.8) is 0 Å². The van der Waals surface area contributed by atoms with E-state index < -0.39 is 11.5 Å². The lowest BCUT2D eigenvalue weighted by atomic mass is 9.80. The van der Waals surface area contributed by atoms with Crippen molar-refractivity contribution >= 4 is 11.6 Å². The van der Waals surface area contributed by atoms with Crippen LogP contribution in [0.15, 0.2) is 12.1 Å². The van der Waals surface area contributed by atoms with Crippen molar-refractivity contribution < 1.29 is 14.3 Å². The number of carbonyl (C=O) groups is 1. The Morgan fingerprint density at radius 2 is 1.95 bits per heavy atom. The summed E-state index contributed by atoms with van der Waals surface area (Å²) in [5.41, 5.74) is 1.05. The predicted octanol–water partition coefficient (Wildman–Crippen LogP) is 3.67. The SMILES string of the molecule is CC1(C)C(=O)Nc2c(C(O)C3CCCCC3)cc(F)cc21. The minimum Gasteiger partial charge on any atom is -0.388 e. The van der Waals surface area contributed by atoms with Gasteiger partial charge in [-0.05, 0) is 50.3 Å². The normalized spacial score (nSPS) is 22.8. The summed E-state index contributed by atoms with van der Waals surface area (Å²) in [5.74, 6) is -0.367. The number of aliphatic hydroxyl groups excluding tert-OH is 1. The maximum atomic E-state index is 14.0. The molecular weight excluding hydrogens is 269 g/mol. The van der Waals surface area contributed by atoms with Crippen LogP contribution in [0.1, 0.15) is 63.2 Å². The first-order valence-corrected chi connectivity index (χ1v) is 7.74. The van der Waals surface area contributed by atoms with E-state index in [2.05, 4.69) is 5.32 Å². The summed E-state index contributed by atoms with van der Waals surface area (Å²) in [5, 5.41) is 13.5. The Kier molecular flexibility index (Phi) is 3.52. The van der Waals surface area contributed by atoms with Crippen molar-refractivity contribution in [2.45, 2.75) is 57.5 Å². The first kappa shape index (κ1) is 14.5. The van der Waals surface area contributed by atoms with E-state index in [1.54, 1.807) is 13.8 Å². The fraction of sp³-hybridized carbons (Fsp3) is 0.588. The molecule has 1 aromatic rings. The van der Waals surface area contributed by atoms with E-state index in [0.29, 0.717) is 16.8 Å². The molecule has 1 amide bonds. The third-order valence-corrected chi connectivity index (χ3v) is 5.03. The number of aliphatic hydroxyl groups is 1. The zero-order valence-corrected chi connectivity index (χ0v) is 12.6. The van der Waals surface area contributed by atoms with Gasteiger partial charge in [0.05, 0.1) is 17.2 Å². The fourth-order valence-electron chi connectivity index (χ4n) is 3.59. The van der Waals surface area contributed by atoms with Crippen molar-refractivity contribution in [3.8, 4) is 0 Å². The van der Waals surface area contributed by atoms with Gasteiger partial charge in [0.15, 0.2) is 0 Å². The van der Waals surface area contributed by atoms with Gasteiger partial charge in [-0.2, -0.15) is 0 Å². The average molecular weight is 291 g/mol. The second-order valence-electron chi connectivity index (χ2n) is 6.84. The number of nitrogens with one attached hydrogen (secondary N) is 1. The molecule has 0 radical (unpaired) electrons. The molecule has 1 fully saturated rings. The lowest BCUT2D eigenvalue weighted by molar-refractivity contribution is -0.119. The number of amides is 1. The van der Waals surface area contributed by atoms with Gasteiger partial charge in [-0.25, -0.2) is 4.39 Å². The van der Waals surface area contributed by atoms with Gasteiger partial charge < -0.3 is 10.4 Å². The van der Waals surface area contributed by atoms with Crippen LogP contribution in [0.2, 0.25) is 0 Å². The highest BCUT2D eigenvalue weighted by molar-refractivity contribution is 6.06. The summed E-state index contributed by atoms with van der Waals surface area (Å²) in [6, 6.07) is 2.78. The van der Waals surface area contributed by atoms with E-state index >= 15 is 0 Å². The molecule has 1 aliphatic carbocycles. The highest BCUT2D eigenvalue weighted by atomic mass is 19.1. The maximum absolute atomic E-state index is 14.0. The van der Waals surface area contributed by atoms with Crippen molar-refractivity contribution in [2.24, 2.45) is 5.92 Å². The van der Waals surface area contributed by atoms with Crippen LogP contribution >= 0.6 is 0 Å². The number of benzene rings is 1. The Morgan fingerprint density at radius 1 is 1.29 bits per heavy atom. The largest absolute Gasteiger partial charge is 0.388 e. The molecule has 114 valence electrons. The number of hydrogen-bond donors (Lipinski definition) is 2. The van der Waals surface area contributed by atoms with Crippen molar-refractivity contribution in [1.29, 1.82) is 0 Å². The van der Waals surface area contributed by atoms with Gasteiger partial charge in [0.2, 0.25) is 5.91 Å². The van der Waals surface area contributed by atoms with Crippen LogP contribution in [-0.2, 0) is 10.2 Å². The maximum Gasteiger partial charge on any atom is 0.234 e. The number of carbonyl (C=O) groups excluding carboxylic acids is 1. The molecule has 1 atom stereocenters. The smallest absolute Gasteiger partial charge is 0.234 e. The minimum absolute atomic E-state index is 0.139. The minimum atomic E-state index is -0.752. The number of fused-ring (bicyclic) bond motifs is 1. The molecule has 1 aliphatic heterocycles. The van der Waals surface area contributed by atoms with Crippen molar-refractivity contribution in [2.75, 3.05) is 5.32 Å². The number of hydrogen-bond acceptors (Lipinski definition) is 2. The van der Waals surface area contributed by atoms with Gasteiger partial charge in [0.25, 0.3) is 0 Å². The van der Waals surface area contributed by atoms with Gasteiger partial charge in [0.1, 0.15) is 5.82 Å². The Morgan fingerprint density at radius 3 is 2.62 bits per heavy atom. The highest BCUT2D eigenvalue weighted by Crippen LogP contribution is 2.45. The molecule has 0 bridgehead atoms. The zero-order valence-electron chi connectivity index (χ0n) is 12.6. The Balaban J connectivity index is 2.02. The molecular formula is C17H22FNO2. The highest BCUT2D eigenvalue weighted by Gasteiger charge is 2.41. The third-order valence-electron chi connectivity index (χ3n) is 5.03. The molecule has 1 heterocycles. The first-order chi connectivity index (χ1) is 9.91. The molecule has 0 saturated heterocycles. The first-order valence-electron chi connectivity index (χ1n) is 7.74. The van der Waals surface area contributed by atoms with E-state index in [1.165, 1.54) is 18.6 Å². The summed E-state index contributed by atoms with van der Waals surface area (Å²) in [6.07, 6.45) is 4.64. The predicted molar refractivity (Wildman–Crippen MR) is 79.6 cm³/mol. The molecule has 0 aromatic heterocycles. The molecule has 1 unspecified atom stereocenters. The molecule has 21 heavy (non-hydrogen) atoms. The second kappa shape index (κ2) is 5.09. The summed E-state index contributed by atoms with van der Waals surface area (Å²) in [4.78, 5) is 12.1. The number of rotatable bonds is 2. The monoisotopic (exact) mass is 291 g/mol. The van der Waals surface area contributed by atoms with Crippen LogP contribution < -0.4 is 5.32 Å². The summed E-state index contributed by atoms with van der Waals surface area (Å²) in [6.45, 7) is 3.56. The Hall–Kier alpha value is -1.42. The average Bonchev–Trinajstić information content (AvgIpc) is 2.69. The van der Waals surface area contributed by atoms with Crippen LogP contribution in [-0.4, -0.2) is 11.0 Å². The van der Waals surface area contributed by atoms with Crippen molar-refractivity contribution in [1.82, 2.24) is 0 Å². The van der Waals surface area contributed by atoms with Gasteiger partial charge in [-0.1, -0.05) is 19.3 Å².